The zero-order valence-electron chi connectivity index (χ0n) is 13.2. The second kappa shape index (κ2) is 9.16. The zero-order chi connectivity index (χ0) is 14.9. The summed E-state index contributed by atoms with van der Waals surface area (Å²) in [7, 11) is 0. The van der Waals surface area contributed by atoms with E-state index in [1.165, 1.54) is 55.9 Å². The van der Waals surface area contributed by atoms with E-state index in [1.54, 1.807) is 0 Å². The van der Waals surface area contributed by atoms with Gasteiger partial charge in [-0.05, 0) is 50.9 Å². The highest BCUT2D eigenvalue weighted by Crippen LogP contribution is 2.28. The van der Waals surface area contributed by atoms with Crippen LogP contribution in [0.15, 0.2) is 41.8 Å². The highest BCUT2D eigenvalue weighted by Gasteiger charge is 2.17. The van der Waals surface area contributed by atoms with E-state index in [-0.39, 0.29) is 0 Å². The van der Waals surface area contributed by atoms with Crippen LogP contribution in [0.1, 0.15) is 32.6 Å². The van der Waals surface area contributed by atoms with E-state index in [1.807, 2.05) is 17.8 Å². The molecular weight excluding hydrogens is 276 g/mol. The van der Waals surface area contributed by atoms with Crippen molar-refractivity contribution in [1.82, 2.24) is 4.90 Å². The summed E-state index contributed by atoms with van der Waals surface area (Å²) in [5.41, 5.74) is 1.29. The number of hydrogen-bond acceptors (Lipinski definition) is 3. The first-order valence-corrected chi connectivity index (χ1v) is 9.13. The van der Waals surface area contributed by atoms with Crippen LogP contribution in [0.3, 0.4) is 0 Å². The van der Waals surface area contributed by atoms with Gasteiger partial charge in [0.2, 0.25) is 0 Å². The molecule has 1 aromatic carbocycles. The Kier molecular flexibility index (Phi) is 7.17. The smallest absolute Gasteiger partial charge is 0.0480 e. The van der Waals surface area contributed by atoms with Gasteiger partial charge in [0.15, 0.2) is 0 Å². The quantitative estimate of drug-likeness (QED) is 0.583. The van der Waals surface area contributed by atoms with E-state index in [2.05, 4.69) is 48.0 Å². The molecule has 1 heterocycles. The Bertz CT molecular complexity index is 433. The fourth-order valence-corrected chi connectivity index (χ4v) is 3.68. The fraction of sp³-hybridized carbons (Fsp3) is 0.556. The topological polar surface area (TPSA) is 15.3 Å². The van der Waals surface area contributed by atoms with Gasteiger partial charge in [0, 0.05) is 28.9 Å². The molecule has 1 N–H and O–H groups in total. The molecule has 21 heavy (non-hydrogen) atoms. The molecule has 0 aliphatic carbocycles. The maximum absolute atomic E-state index is 3.81. The van der Waals surface area contributed by atoms with Crippen LogP contribution >= 0.6 is 11.8 Å². The van der Waals surface area contributed by atoms with Gasteiger partial charge >= 0.3 is 0 Å². The van der Waals surface area contributed by atoms with Crippen LogP contribution in [-0.2, 0) is 0 Å². The normalized spacial score (nSPS) is 20.0. The molecule has 3 heteroatoms. The summed E-state index contributed by atoms with van der Waals surface area (Å²) in [5.74, 6) is 0.966. The molecule has 1 fully saturated rings. The van der Waals surface area contributed by atoms with Crippen LogP contribution < -0.4 is 5.32 Å². The van der Waals surface area contributed by atoms with Crippen LogP contribution in [0.4, 0.5) is 5.69 Å². The van der Waals surface area contributed by atoms with Crippen molar-refractivity contribution in [1.29, 1.82) is 0 Å². The lowest BCUT2D eigenvalue weighted by Gasteiger charge is -2.21. The summed E-state index contributed by atoms with van der Waals surface area (Å²) < 4.78 is 0. The van der Waals surface area contributed by atoms with Gasteiger partial charge in [-0.3, -0.25) is 0 Å². The second-order valence-corrected chi connectivity index (χ2v) is 6.77. The first-order valence-electron chi connectivity index (χ1n) is 8.15. The third-order valence-corrected chi connectivity index (χ3v) is 5.03. The van der Waals surface area contributed by atoms with Crippen molar-refractivity contribution in [3.8, 4) is 0 Å². The lowest BCUT2D eigenvalue weighted by atomic mass is 10.1. The minimum Gasteiger partial charge on any atom is -0.381 e. The van der Waals surface area contributed by atoms with Crippen molar-refractivity contribution in [2.24, 2.45) is 0 Å². The van der Waals surface area contributed by atoms with Crippen molar-refractivity contribution in [3.05, 3.63) is 36.9 Å². The number of nitrogens with zero attached hydrogens (tertiary/aromatic N) is 1. The Balaban J connectivity index is 1.93. The zero-order valence-corrected chi connectivity index (χ0v) is 14.0. The average Bonchev–Trinajstić information content (AvgIpc) is 2.72. The van der Waals surface area contributed by atoms with Crippen LogP contribution in [0.2, 0.25) is 0 Å². The van der Waals surface area contributed by atoms with Gasteiger partial charge < -0.3 is 10.2 Å². The Morgan fingerprint density at radius 1 is 1.33 bits per heavy atom. The van der Waals surface area contributed by atoms with Crippen molar-refractivity contribution in [3.63, 3.8) is 0 Å². The van der Waals surface area contributed by atoms with E-state index in [9.17, 15) is 0 Å². The first kappa shape index (κ1) is 16.4. The van der Waals surface area contributed by atoms with Crippen LogP contribution in [0, 0.1) is 0 Å². The number of anilines is 1. The predicted octanol–water partition coefficient (Wildman–Crippen LogP) is 4.64. The second-order valence-electron chi connectivity index (χ2n) is 5.71. The van der Waals surface area contributed by atoms with Crippen LogP contribution in [0.5, 0.6) is 0 Å². The average molecular weight is 305 g/mol. The summed E-state index contributed by atoms with van der Waals surface area (Å²) >= 11 is 1.86. The van der Waals surface area contributed by atoms with Gasteiger partial charge in [0.05, 0.1) is 0 Å². The summed E-state index contributed by atoms with van der Waals surface area (Å²) in [5, 5.41) is 3.78. The van der Waals surface area contributed by atoms with Gasteiger partial charge in [-0.15, -0.1) is 18.3 Å². The number of hydrogen-bond donors (Lipinski definition) is 1. The van der Waals surface area contributed by atoms with Gasteiger partial charge in [-0.1, -0.05) is 25.1 Å². The maximum Gasteiger partial charge on any atom is 0.0480 e. The predicted molar refractivity (Wildman–Crippen MR) is 95.4 cm³/mol. The molecule has 1 aromatic rings. The minimum atomic E-state index is 0.609. The molecule has 0 amide bonds. The number of thioether (sulfide) groups is 1. The van der Waals surface area contributed by atoms with Crippen molar-refractivity contribution in [2.45, 2.75) is 43.5 Å². The fourth-order valence-electron chi connectivity index (χ4n) is 2.92. The van der Waals surface area contributed by atoms with Crippen LogP contribution in [-0.4, -0.2) is 36.3 Å². The monoisotopic (exact) mass is 304 g/mol. The van der Waals surface area contributed by atoms with Gasteiger partial charge in [0.1, 0.15) is 0 Å². The molecule has 0 spiro atoms. The Labute approximate surface area is 134 Å². The van der Waals surface area contributed by atoms with E-state index in [0.717, 1.165) is 5.75 Å². The van der Waals surface area contributed by atoms with Gasteiger partial charge in [0.25, 0.3) is 0 Å². The molecule has 0 saturated carbocycles. The highest BCUT2D eigenvalue weighted by molar-refractivity contribution is 7.99. The maximum atomic E-state index is 3.81. The molecule has 0 bridgehead atoms. The van der Waals surface area contributed by atoms with E-state index in [4.69, 9.17) is 0 Å². The lowest BCUT2D eigenvalue weighted by molar-refractivity contribution is 0.285. The summed E-state index contributed by atoms with van der Waals surface area (Å²) in [4.78, 5) is 3.95. The lowest BCUT2D eigenvalue weighted by Crippen LogP contribution is -2.27. The molecule has 2 rings (SSSR count). The van der Waals surface area contributed by atoms with Crippen LogP contribution in [0.25, 0.3) is 0 Å². The van der Waals surface area contributed by atoms with Crippen molar-refractivity contribution < 1.29 is 0 Å². The summed E-state index contributed by atoms with van der Waals surface area (Å²) in [6.07, 6.45) is 7.07. The van der Waals surface area contributed by atoms with Gasteiger partial charge in [-0.2, -0.15) is 0 Å². The Morgan fingerprint density at radius 3 is 3.00 bits per heavy atom. The molecule has 1 aliphatic heterocycles. The minimum absolute atomic E-state index is 0.609. The molecule has 1 unspecified atom stereocenters. The summed E-state index contributed by atoms with van der Waals surface area (Å²) in [6, 6.07) is 9.27. The standard InChI is InChI=1S/C18H28N2S/c1-3-12-20-13-7-8-16(11-14-20)19-17-9-5-6-10-18(17)21-15-4-2/h4-6,9-10,16,19H,2-3,7-8,11-15H2,1H3. The number of likely N-dealkylation sites (tertiary alicyclic amines) is 1. The van der Waals surface area contributed by atoms with E-state index < -0.39 is 0 Å². The third kappa shape index (κ3) is 5.40. The number of nitrogens with one attached hydrogen (secondary N) is 1. The van der Waals surface area contributed by atoms with E-state index in [0.29, 0.717) is 6.04 Å². The van der Waals surface area contributed by atoms with Crippen molar-refractivity contribution in [2.75, 3.05) is 30.7 Å². The largest absolute Gasteiger partial charge is 0.381 e. The first-order chi connectivity index (χ1) is 10.3. The molecule has 0 aromatic heterocycles. The number of rotatable bonds is 7. The van der Waals surface area contributed by atoms with E-state index >= 15 is 0 Å². The molecule has 2 nitrogen and oxygen atoms in total. The third-order valence-electron chi connectivity index (χ3n) is 3.96. The molecule has 116 valence electrons. The Hall–Kier alpha value is -0.930. The molecule has 1 saturated heterocycles. The summed E-state index contributed by atoms with van der Waals surface area (Å²) in [6.45, 7) is 9.82. The number of benzene rings is 1. The molecular formula is C18H28N2S. The SMILES string of the molecule is C=CCSc1ccccc1NC1CCCN(CCC)CC1. The Morgan fingerprint density at radius 2 is 2.19 bits per heavy atom. The van der Waals surface area contributed by atoms with Gasteiger partial charge in [-0.25, -0.2) is 0 Å². The molecule has 1 aliphatic rings. The highest BCUT2D eigenvalue weighted by atomic mass is 32.2. The molecule has 0 radical (unpaired) electrons. The number of para-hydroxylation sites is 1. The molecule has 1 atom stereocenters. The van der Waals surface area contributed by atoms with Crippen molar-refractivity contribution >= 4 is 17.4 Å².